The fourth-order valence-corrected chi connectivity index (χ4v) is 2.62. The minimum absolute atomic E-state index is 0.0925. The molecule has 0 spiro atoms. The smallest absolute Gasteiger partial charge is 0.270 e. The first-order valence-electron chi connectivity index (χ1n) is 7.74. The van der Waals surface area contributed by atoms with Crippen LogP contribution in [0.3, 0.4) is 0 Å². The van der Waals surface area contributed by atoms with Crippen LogP contribution in [0.15, 0.2) is 52.4 Å². The average molecular weight is 372 g/mol. The second kappa shape index (κ2) is 7.32. The highest BCUT2D eigenvalue weighted by atomic mass is 35.5. The van der Waals surface area contributed by atoms with Gasteiger partial charge in [0, 0.05) is 29.3 Å². The molecule has 26 heavy (non-hydrogen) atoms. The third kappa shape index (κ3) is 3.40. The number of benzene rings is 2. The van der Waals surface area contributed by atoms with Crippen molar-refractivity contribution in [3.05, 3.63) is 73.5 Å². The van der Waals surface area contributed by atoms with Crippen molar-refractivity contribution in [3.63, 3.8) is 0 Å². The Kier molecular flexibility index (Phi) is 4.94. The van der Waals surface area contributed by atoms with Crippen molar-refractivity contribution in [1.29, 1.82) is 0 Å². The Morgan fingerprint density at radius 2 is 2.12 bits per heavy atom. The van der Waals surface area contributed by atoms with E-state index in [2.05, 4.69) is 15.5 Å². The molecule has 0 aliphatic rings. The van der Waals surface area contributed by atoms with Gasteiger partial charge in [0.15, 0.2) is 0 Å². The molecule has 0 amide bonds. The Balaban J connectivity index is 1.95. The van der Waals surface area contributed by atoms with E-state index in [1.54, 1.807) is 24.3 Å². The Hall–Kier alpha value is -3.26. The SMILES string of the molecule is CCn1c(N/N=C\c2cc([N+](=O)[O-])ccc2Cl)nc2ccccc2c1=O. The highest BCUT2D eigenvalue weighted by Crippen LogP contribution is 2.20. The number of nitro groups is 1. The molecule has 1 aromatic heterocycles. The number of hydrogen-bond acceptors (Lipinski definition) is 6. The van der Waals surface area contributed by atoms with Gasteiger partial charge in [0.1, 0.15) is 0 Å². The molecule has 0 saturated heterocycles. The molecule has 0 atom stereocenters. The van der Waals surface area contributed by atoms with Crippen LogP contribution in [-0.2, 0) is 6.54 Å². The maximum Gasteiger partial charge on any atom is 0.270 e. The molecule has 1 heterocycles. The molecule has 0 unspecified atom stereocenters. The topological polar surface area (TPSA) is 102 Å². The Bertz CT molecular complexity index is 1080. The number of hydrazone groups is 1. The fraction of sp³-hybridized carbons (Fsp3) is 0.118. The molecule has 0 fully saturated rings. The number of rotatable bonds is 5. The summed E-state index contributed by atoms with van der Waals surface area (Å²) in [4.78, 5) is 27.3. The van der Waals surface area contributed by atoms with E-state index in [9.17, 15) is 14.9 Å². The van der Waals surface area contributed by atoms with E-state index >= 15 is 0 Å². The second-order valence-corrected chi connectivity index (χ2v) is 5.74. The number of halogens is 1. The molecule has 1 N–H and O–H groups in total. The van der Waals surface area contributed by atoms with E-state index in [-0.39, 0.29) is 17.2 Å². The summed E-state index contributed by atoms with van der Waals surface area (Å²) in [5, 5.41) is 15.7. The molecule has 3 aromatic rings. The highest BCUT2D eigenvalue weighted by Gasteiger charge is 2.10. The second-order valence-electron chi connectivity index (χ2n) is 5.33. The van der Waals surface area contributed by atoms with Crippen LogP contribution in [-0.4, -0.2) is 20.7 Å². The van der Waals surface area contributed by atoms with Gasteiger partial charge in [0.05, 0.1) is 22.0 Å². The summed E-state index contributed by atoms with van der Waals surface area (Å²) in [7, 11) is 0. The molecule has 0 aliphatic heterocycles. The van der Waals surface area contributed by atoms with Gasteiger partial charge in [0.25, 0.3) is 11.2 Å². The third-order valence-electron chi connectivity index (χ3n) is 3.74. The highest BCUT2D eigenvalue weighted by molar-refractivity contribution is 6.33. The summed E-state index contributed by atoms with van der Waals surface area (Å²) in [5.41, 5.74) is 3.37. The number of hydrogen-bond donors (Lipinski definition) is 1. The lowest BCUT2D eigenvalue weighted by Gasteiger charge is -2.10. The molecule has 132 valence electrons. The van der Waals surface area contributed by atoms with Crippen LogP contribution in [0.2, 0.25) is 5.02 Å². The van der Waals surface area contributed by atoms with E-state index in [0.29, 0.717) is 28.0 Å². The zero-order valence-electron chi connectivity index (χ0n) is 13.7. The van der Waals surface area contributed by atoms with Crippen molar-refractivity contribution in [2.75, 3.05) is 5.43 Å². The van der Waals surface area contributed by atoms with Crippen LogP contribution in [0.25, 0.3) is 10.9 Å². The third-order valence-corrected chi connectivity index (χ3v) is 4.08. The zero-order chi connectivity index (χ0) is 18.7. The van der Waals surface area contributed by atoms with Crippen LogP contribution in [0, 0.1) is 10.1 Å². The lowest BCUT2D eigenvalue weighted by atomic mass is 10.2. The number of nitro benzene ring substituents is 1. The van der Waals surface area contributed by atoms with Crippen molar-refractivity contribution in [2.24, 2.45) is 5.10 Å². The first-order chi connectivity index (χ1) is 12.5. The molecule has 0 radical (unpaired) electrons. The van der Waals surface area contributed by atoms with E-state index in [1.807, 2.05) is 6.92 Å². The number of aromatic nitrogens is 2. The van der Waals surface area contributed by atoms with Gasteiger partial charge in [-0.05, 0) is 25.1 Å². The summed E-state index contributed by atoms with van der Waals surface area (Å²) in [5.74, 6) is 0.272. The number of fused-ring (bicyclic) bond motifs is 1. The molecular formula is C17H14ClN5O3. The largest absolute Gasteiger partial charge is 0.277 e. The monoisotopic (exact) mass is 371 g/mol. The molecule has 8 nitrogen and oxygen atoms in total. The minimum atomic E-state index is -0.513. The molecule has 2 aromatic carbocycles. The Morgan fingerprint density at radius 1 is 1.35 bits per heavy atom. The molecule has 0 aliphatic carbocycles. The van der Waals surface area contributed by atoms with Gasteiger partial charge in [-0.2, -0.15) is 5.10 Å². The standard InChI is InChI=1S/C17H14ClN5O3/c1-2-22-16(24)13-5-3-4-6-15(13)20-17(22)21-19-10-11-9-12(23(25)26)7-8-14(11)18/h3-10H,2H2,1H3,(H,20,21)/b19-10-. The van der Waals surface area contributed by atoms with Crippen LogP contribution < -0.4 is 11.0 Å². The molecular weight excluding hydrogens is 358 g/mol. The van der Waals surface area contributed by atoms with Gasteiger partial charge in [-0.25, -0.2) is 10.4 Å². The predicted octanol–water partition coefficient (Wildman–Crippen LogP) is 3.42. The average Bonchev–Trinajstić information content (AvgIpc) is 2.63. The Morgan fingerprint density at radius 3 is 2.85 bits per heavy atom. The summed E-state index contributed by atoms with van der Waals surface area (Å²) in [6.45, 7) is 2.23. The zero-order valence-corrected chi connectivity index (χ0v) is 14.5. The quantitative estimate of drug-likeness (QED) is 0.420. The summed E-state index contributed by atoms with van der Waals surface area (Å²) in [6, 6.07) is 11.1. The lowest BCUT2D eigenvalue weighted by Crippen LogP contribution is -2.23. The number of nitrogens with one attached hydrogen (secondary N) is 1. The molecule has 3 rings (SSSR count). The maximum atomic E-state index is 12.5. The molecule has 0 saturated carbocycles. The van der Waals surface area contributed by atoms with Gasteiger partial charge in [0.2, 0.25) is 5.95 Å². The number of para-hydroxylation sites is 1. The first-order valence-corrected chi connectivity index (χ1v) is 8.11. The maximum absolute atomic E-state index is 12.5. The van der Waals surface area contributed by atoms with Gasteiger partial charge in [-0.3, -0.25) is 19.5 Å². The van der Waals surface area contributed by atoms with Crippen molar-refractivity contribution in [1.82, 2.24) is 9.55 Å². The summed E-state index contributed by atoms with van der Waals surface area (Å²) in [6.07, 6.45) is 1.34. The predicted molar refractivity (Wildman–Crippen MR) is 101 cm³/mol. The van der Waals surface area contributed by atoms with Gasteiger partial charge in [-0.15, -0.1) is 0 Å². The van der Waals surface area contributed by atoms with Crippen LogP contribution >= 0.6 is 11.6 Å². The summed E-state index contributed by atoms with van der Waals surface area (Å²) < 4.78 is 1.45. The molecule has 9 heteroatoms. The van der Waals surface area contributed by atoms with Gasteiger partial charge in [-0.1, -0.05) is 23.7 Å². The van der Waals surface area contributed by atoms with Crippen LogP contribution in [0.1, 0.15) is 12.5 Å². The first kappa shape index (κ1) is 17.6. The van der Waals surface area contributed by atoms with Crippen molar-refractivity contribution < 1.29 is 4.92 Å². The van der Waals surface area contributed by atoms with Crippen molar-refractivity contribution >= 4 is 40.4 Å². The summed E-state index contributed by atoms with van der Waals surface area (Å²) >= 11 is 6.03. The van der Waals surface area contributed by atoms with Gasteiger partial charge >= 0.3 is 0 Å². The molecule has 0 bridgehead atoms. The van der Waals surface area contributed by atoms with Crippen LogP contribution in [0.5, 0.6) is 0 Å². The van der Waals surface area contributed by atoms with Gasteiger partial charge < -0.3 is 0 Å². The number of non-ortho nitro benzene ring substituents is 1. The van der Waals surface area contributed by atoms with Crippen LogP contribution in [0.4, 0.5) is 11.6 Å². The van der Waals surface area contributed by atoms with Crippen molar-refractivity contribution in [2.45, 2.75) is 13.5 Å². The van der Waals surface area contributed by atoms with E-state index in [4.69, 9.17) is 11.6 Å². The number of anilines is 1. The number of nitrogens with zero attached hydrogens (tertiary/aromatic N) is 4. The minimum Gasteiger partial charge on any atom is -0.277 e. The van der Waals surface area contributed by atoms with E-state index < -0.39 is 4.92 Å². The normalized spacial score (nSPS) is 11.2. The Labute approximate surface area is 152 Å². The van der Waals surface area contributed by atoms with E-state index in [0.717, 1.165) is 0 Å². The van der Waals surface area contributed by atoms with Crippen molar-refractivity contribution in [3.8, 4) is 0 Å². The lowest BCUT2D eigenvalue weighted by molar-refractivity contribution is -0.384. The fourth-order valence-electron chi connectivity index (χ4n) is 2.45. The van der Waals surface area contributed by atoms with E-state index in [1.165, 1.54) is 29.0 Å².